The van der Waals surface area contributed by atoms with Gasteiger partial charge in [0, 0.05) is 12.3 Å². The molecule has 6 nitrogen and oxygen atoms in total. The van der Waals surface area contributed by atoms with Crippen molar-refractivity contribution < 1.29 is 4.42 Å². The van der Waals surface area contributed by atoms with E-state index >= 15 is 0 Å². The Kier molecular flexibility index (Phi) is 5.82. The average Bonchev–Trinajstić information content (AvgIpc) is 3.17. The van der Waals surface area contributed by atoms with E-state index in [-0.39, 0.29) is 5.56 Å². The first-order valence-electron chi connectivity index (χ1n) is 9.23. The van der Waals surface area contributed by atoms with Gasteiger partial charge in [-0.3, -0.25) is 9.36 Å². The molecule has 2 aromatic carbocycles. The number of fused-ring (bicyclic) bond motifs is 1. The normalized spacial score (nSPS) is 11.1. The largest absolute Gasteiger partial charge is 0.416 e. The second-order valence-corrected chi connectivity index (χ2v) is 7.49. The van der Waals surface area contributed by atoms with Crippen molar-refractivity contribution in [1.29, 1.82) is 0 Å². The van der Waals surface area contributed by atoms with Crippen LogP contribution in [-0.4, -0.2) is 25.5 Å². The molecule has 142 valence electrons. The SMILES string of the molecule is O=c1c2ccccc2ncn1CCCCSc1nnc(Cc2ccccc2)o1. The van der Waals surface area contributed by atoms with Crippen LogP contribution in [0, 0.1) is 0 Å². The predicted octanol–water partition coefficient (Wildman–Crippen LogP) is 3.94. The Morgan fingerprint density at radius 3 is 2.68 bits per heavy atom. The third-order valence-electron chi connectivity index (χ3n) is 4.40. The summed E-state index contributed by atoms with van der Waals surface area (Å²) in [6.07, 6.45) is 4.11. The maximum atomic E-state index is 12.5. The van der Waals surface area contributed by atoms with Gasteiger partial charge in [0.25, 0.3) is 10.8 Å². The topological polar surface area (TPSA) is 73.8 Å². The van der Waals surface area contributed by atoms with E-state index in [1.807, 2.05) is 54.6 Å². The van der Waals surface area contributed by atoms with Gasteiger partial charge in [-0.05, 0) is 30.5 Å². The minimum Gasteiger partial charge on any atom is -0.416 e. The Balaban J connectivity index is 1.24. The molecular formula is C21H20N4O2S. The first-order valence-corrected chi connectivity index (χ1v) is 10.2. The Hall–Kier alpha value is -2.93. The maximum Gasteiger partial charge on any atom is 0.276 e. The Labute approximate surface area is 166 Å². The molecule has 7 heteroatoms. The van der Waals surface area contributed by atoms with Crippen molar-refractivity contribution in [3.63, 3.8) is 0 Å². The molecule has 4 aromatic rings. The van der Waals surface area contributed by atoms with Crippen LogP contribution in [0.2, 0.25) is 0 Å². The minimum absolute atomic E-state index is 0.0145. The van der Waals surface area contributed by atoms with Gasteiger partial charge in [-0.1, -0.05) is 54.2 Å². The van der Waals surface area contributed by atoms with E-state index in [1.165, 1.54) is 0 Å². The fourth-order valence-corrected chi connectivity index (χ4v) is 3.72. The van der Waals surface area contributed by atoms with Crippen LogP contribution in [0.25, 0.3) is 10.9 Å². The number of hydrogen-bond donors (Lipinski definition) is 0. The van der Waals surface area contributed by atoms with Gasteiger partial charge >= 0.3 is 0 Å². The quantitative estimate of drug-likeness (QED) is 0.334. The van der Waals surface area contributed by atoms with Gasteiger partial charge in [0.05, 0.1) is 23.7 Å². The van der Waals surface area contributed by atoms with Gasteiger partial charge in [0.15, 0.2) is 0 Å². The Morgan fingerprint density at radius 1 is 0.964 bits per heavy atom. The molecule has 28 heavy (non-hydrogen) atoms. The summed E-state index contributed by atoms with van der Waals surface area (Å²) in [6, 6.07) is 17.5. The Bertz CT molecular complexity index is 1110. The van der Waals surface area contributed by atoms with Gasteiger partial charge in [-0.15, -0.1) is 10.2 Å². The van der Waals surface area contributed by atoms with E-state index in [1.54, 1.807) is 22.7 Å². The van der Waals surface area contributed by atoms with Crippen LogP contribution < -0.4 is 5.56 Å². The molecule has 0 bridgehead atoms. The van der Waals surface area contributed by atoms with Crippen LogP contribution in [0.15, 0.2) is 75.4 Å². The molecule has 0 N–H and O–H groups in total. The van der Waals surface area contributed by atoms with Crippen molar-refractivity contribution >= 4 is 22.7 Å². The zero-order valence-electron chi connectivity index (χ0n) is 15.3. The van der Waals surface area contributed by atoms with E-state index in [0.717, 1.165) is 29.7 Å². The molecule has 2 heterocycles. The van der Waals surface area contributed by atoms with E-state index in [2.05, 4.69) is 15.2 Å². The van der Waals surface area contributed by atoms with Gasteiger partial charge in [0.1, 0.15) is 0 Å². The fourth-order valence-electron chi connectivity index (χ4n) is 2.95. The molecule has 0 radical (unpaired) electrons. The minimum atomic E-state index is 0.0145. The number of aromatic nitrogens is 4. The molecule has 2 aromatic heterocycles. The number of hydrogen-bond acceptors (Lipinski definition) is 6. The summed E-state index contributed by atoms with van der Waals surface area (Å²) in [5.74, 6) is 1.49. The molecular weight excluding hydrogens is 372 g/mol. The van der Waals surface area contributed by atoms with E-state index in [9.17, 15) is 4.79 Å². The van der Waals surface area contributed by atoms with Crippen molar-refractivity contribution in [3.05, 3.63) is 82.7 Å². The summed E-state index contributed by atoms with van der Waals surface area (Å²) in [4.78, 5) is 16.8. The molecule has 0 aliphatic carbocycles. The highest BCUT2D eigenvalue weighted by molar-refractivity contribution is 7.99. The maximum absolute atomic E-state index is 12.5. The van der Waals surface area contributed by atoms with Gasteiger partial charge in [-0.2, -0.15) is 0 Å². The molecule has 4 rings (SSSR count). The molecule has 0 aliphatic rings. The third kappa shape index (κ3) is 4.48. The summed E-state index contributed by atoms with van der Waals surface area (Å²) in [5, 5.41) is 9.46. The van der Waals surface area contributed by atoms with E-state index < -0.39 is 0 Å². The molecule has 0 saturated heterocycles. The lowest BCUT2D eigenvalue weighted by Gasteiger charge is -2.06. The van der Waals surface area contributed by atoms with E-state index in [0.29, 0.717) is 29.5 Å². The predicted molar refractivity (Wildman–Crippen MR) is 110 cm³/mol. The van der Waals surface area contributed by atoms with Gasteiger partial charge in [-0.25, -0.2) is 4.98 Å². The molecule has 0 spiro atoms. The first-order chi connectivity index (χ1) is 13.8. The van der Waals surface area contributed by atoms with Crippen LogP contribution in [-0.2, 0) is 13.0 Å². The van der Waals surface area contributed by atoms with Crippen molar-refractivity contribution in [1.82, 2.24) is 19.7 Å². The van der Waals surface area contributed by atoms with Crippen molar-refractivity contribution in [3.8, 4) is 0 Å². The van der Waals surface area contributed by atoms with Crippen LogP contribution in [0.1, 0.15) is 24.3 Å². The number of benzene rings is 2. The van der Waals surface area contributed by atoms with Gasteiger partial charge < -0.3 is 4.42 Å². The molecule has 0 saturated carbocycles. The zero-order chi connectivity index (χ0) is 19.2. The molecule has 0 aliphatic heterocycles. The second kappa shape index (κ2) is 8.84. The summed E-state index contributed by atoms with van der Waals surface area (Å²) >= 11 is 1.55. The van der Waals surface area contributed by atoms with E-state index in [4.69, 9.17) is 4.42 Å². The monoisotopic (exact) mass is 392 g/mol. The molecule has 0 fully saturated rings. The van der Waals surface area contributed by atoms with Crippen LogP contribution in [0.3, 0.4) is 0 Å². The lowest BCUT2D eigenvalue weighted by Crippen LogP contribution is -2.20. The fraction of sp³-hybridized carbons (Fsp3) is 0.238. The van der Waals surface area contributed by atoms with Crippen LogP contribution >= 0.6 is 11.8 Å². The van der Waals surface area contributed by atoms with Crippen LogP contribution in [0.5, 0.6) is 0 Å². The number of thioether (sulfide) groups is 1. The summed E-state index contributed by atoms with van der Waals surface area (Å²) in [5.41, 5.74) is 1.90. The lowest BCUT2D eigenvalue weighted by atomic mass is 10.2. The zero-order valence-corrected chi connectivity index (χ0v) is 16.1. The van der Waals surface area contributed by atoms with Crippen molar-refractivity contribution in [2.24, 2.45) is 0 Å². The molecule has 0 unspecified atom stereocenters. The number of aryl methyl sites for hydroxylation is 1. The van der Waals surface area contributed by atoms with Crippen molar-refractivity contribution in [2.45, 2.75) is 31.0 Å². The number of para-hydroxylation sites is 1. The standard InChI is InChI=1S/C21H20N4O2S/c26-20-17-10-4-5-11-18(17)22-15-25(20)12-6-7-13-28-21-24-23-19(27-21)14-16-8-2-1-3-9-16/h1-5,8-11,15H,6-7,12-14H2. The summed E-state index contributed by atoms with van der Waals surface area (Å²) in [6.45, 7) is 0.653. The average molecular weight is 392 g/mol. The van der Waals surface area contributed by atoms with Gasteiger partial charge in [0.2, 0.25) is 5.89 Å². The smallest absolute Gasteiger partial charge is 0.276 e. The Morgan fingerprint density at radius 2 is 1.79 bits per heavy atom. The molecule has 0 atom stereocenters. The first kappa shape index (κ1) is 18.4. The second-order valence-electron chi connectivity index (χ2n) is 6.44. The summed E-state index contributed by atoms with van der Waals surface area (Å²) in [7, 11) is 0. The summed E-state index contributed by atoms with van der Waals surface area (Å²) < 4.78 is 7.37. The highest BCUT2D eigenvalue weighted by Crippen LogP contribution is 2.19. The number of unbranched alkanes of at least 4 members (excludes halogenated alkanes) is 1. The molecule has 0 amide bonds. The number of nitrogens with zero attached hydrogens (tertiary/aromatic N) is 4. The highest BCUT2D eigenvalue weighted by Gasteiger charge is 2.08. The third-order valence-corrected chi connectivity index (χ3v) is 5.30. The van der Waals surface area contributed by atoms with Crippen LogP contribution in [0.4, 0.5) is 0 Å². The highest BCUT2D eigenvalue weighted by atomic mass is 32.2. The number of rotatable bonds is 8. The lowest BCUT2D eigenvalue weighted by molar-refractivity contribution is 0.420. The van der Waals surface area contributed by atoms with Crippen molar-refractivity contribution in [2.75, 3.05) is 5.75 Å².